The van der Waals surface area contributed by atoms with E-state index < -0.39 is 15.8 Å². The molecule has 0 saturated carbocycles. The first-order valence-corrected chi connectivity index (χ1v) is 13.7. The Morgan fingerprint density at radius 1 is 0.974 bits per heavy atom. The summed E-state index contributed by atoms with van der Waals surface area (Å²) in [6.45, 7) is 4.85. The molecule has 0 saturated heterocycles. The number of benzene rings is 3. The van der Waals surface area contributed by atoms with Crippen LogP contribution in [0.25, 0.3) is 50.0 Å². The van der Waals surface area contributed by atoms with Gasteiger partial charge in [0.1, 0.15) is 11.6 Å². The van der Waals surface area contributed by atoms with Crippen LogP contribution in [0.3, 0.4) is 0 Å². The molecule has 2 N–H and O–H groups in total. The van der Waals surface area contributed by atoms with E-state index in [1.165, 1.54) is 19.2 Å². The molecule has 0 aliphatic heterocycles. The minimum absolute atomic E-state index is 0.0778. The first kappa shape index (κ1) is 24.1. The Labute approximate surface area is 217 Å². The number of hydrogen-bond acceptors (Lipinski definition) is 4. The fraction of sp³-hybridized carbons (Fsp3) is 0.185. The summed E-state index contributed by atoms with van der Waals surface area (Å²) in [6, 6.07) is 15.1. The van der Waals surface area contributed by atoms with E-state index in [2.05, 4.69) is 9.71 Å². The van der Waals surface area contributed by atoms with Crippen molar-refractivity contribution in [1.29, 1.82) is 0 Å². The number of halogens is 1. The molecule has 0 spiro atoms. The van der Waals surface area contributed by atoms with E-state index in [4.69, 9.17) is 4.98 Å². The molecule has 0 radical (unpaired) electrons. The summed E-state index contributed by atoms with van der Waals surface area (Å²) in [5, 5.41) is 0.385. The summed E-state index contributed by atoms with van der Waals surface area (Å²) in [5.74, 6) is 0.0427. The molecule has 3 aromatic heterocycles. The minimum atomic E-state index is -3.73. The summed E-state index contributed by atoms with van der Waals surface area (Å²) < 4.78 is 47.9. The van der Waals surface area contributed by atoms with Crippen molar-refractivity contribution in [2.75, 3.05) is 7.05 Å². The van der Waals surface area contributed by atoms with Gasteiger partial charge < -0.3 is 4.98 Å². The standard InChI is InChI=1S/C27H25FN6O3S/c1-4-32-22-12-9-16(13-24(22)33(5-2)27(32)35)34-23-14-17(38(36,37)29-3)10-11-20(23)31-26(34)18-15-30-21-8-6-7-19(28)25(18)21/h6-15,29-30H,4-5H2,1-3H3. The molecule has 0 aliphatic carbocycles. The van der Waals surface area contributed by atoms with E-state index in [1.54, 1.807) is 39.6 Å². The van der Waals surface area contributed by atoms with Crippen molar-refractivity contribution in [2.45, 2.75) is 31.8 Å². The number of nitrogens with one attached hydrogen (secondary N) is 2. The maximum absolute atomic E-state index is 15.0. The molecule has 0 aliphatic rings. The van der Waals surface area contributed by atoms with Crippen LogP contribution < -0.4 is 10.4 Å². The lowest BCUT2D eigenvalue weighted by atomic mass is 10.1. The van der Waals surface area contributed by atoms with Crippen molar-refractivity contribution < 1.29 is 12.8 Å². The fourth-order valence-electron chi connectivity index (χ4n) is 5.16. The van der Waals surface area contributed by atoms with Gasteiger partial charge in [-0.25, -0.2) is 27.3 Å². The third-order valence-electron chi connectivity index (χ3n) is 6.99. The SMILES string of the molecule is CCn1c(=O)n(CC)c2cc(-n3c(-c4c[nH]c5cccc(F)c45)nc4ccc(S(=O)(=O)NC)cc43)ccc21. The van der Waals surface area contributed by atoms with Crippen molar-refractivity contribution in [3.8, 4) is 17.1 Å². The molecule has 0 amide bonds. The predicted molar refractivity (Wildman–Crippen MR) is 146 cm³/mol. The number of imidazole rings is 2. The van der Waals surface area contributed by atoms with Crippen molar-refractivity contribution in [1.82, 2.24) is 28.4 Å². The van der Waals surface area contributed by atoms with Crippen LogP contribution in [-0.2, 0) is 23.1 Å². The maximum atomic E-state index is 15.0. The van der Waals surface area contributed by atoms with Gasteiger partial charge in [0.15, 0.2) is 0 Å². The molecule has 3 aromatic carbocycles. The average Bonchev–Trinajstić information content (AvgIpc) is 3.59. The molecule has 0 fully saturated rings. The lowest BCUT2D eigenvalue weighted by Gasteiger charge is -2.11. The van der Waals surface area contributed by atoms with Gasteiger partial charge in [0.25, 0.3) is 0 Å². The van der Waals surface area contributed by atoms with Crippen LogP contribution in [0.1, 0.15) is 13.8 Å². The maximum Gasteiger partial charge on any atom is 0.329 e. The smallest absolute Gasteiger partial charge is 0.329 e. The van der Waals surface area contributed by atoms with Crippen LogP contribution in [0.5, 0.6) is 0 Å². The number of nitrogens with zero attached hydrogens (tertiary/aromatic N) is 4. The molecular formula is C27H25FN6O3S. The molecule has 0 bridgehead atoms. The Hall–Kier alpha value is -4.22. The highest BCUT2D eigenvalue weighted by atomic mass is 32.2. The summed E-state index contributed by atoms with van der Waals surface area (Å²) in [6.07, 6.45) is 1.70. The van der Waals surface area contributed by atoms with Gasteiger partial charge >= 0.3 is 5.69 Å². The molecule has 9 nitrogen and oxygen atoms in total. The Morgan fingerprint density at radius 2 is 1.74 bits per heavy atom. The van der Waals surface area contributed by atoms with Crippen LogP contribution in [-0.4, -0.2) is 39.1 Å². The van der Waals surface area contributed by atoms with Gasteiger partial charge in [0.05, 0.1) is 27.0 Å². The monoisotopic (exact) mass is 532 g/mol. The fourth-order valence-corrected chi connectivity index (χ4v) is 5.91. The summed E-state index contributed by atoms with van der Waals surface area (Å²) in [7, 11) is -2.38. The highest BCUT2D eigenvalue weighted by molar-refractivity contribution is 7.89. The number of aromatic nitrogens is 5. The highest BCUT2D eigenvalue weighted by Crippen LogP contribution is 2.35. The van der Waals surface area contributed by atoms with Gasteiger partial charge in [-0.1, -0.05) is 6.07 Å². The summed E-state index contributed by atoms with van der Waals surface area (Å²) in [5.41, 5.74) is 4.33. The third kappa shape index (κ3) is 3.42. The van der Waals surface area contributed by atoms with Crippen LogP contribution in [0, 0.1) is 5.82 Å². The van der Waals surface area contributed by atoms with E-state index in [0.29, 0.717) is 52.1 Å². The average molecular weight is 533 g/mol. The predicted octanol–water partition coefficient (Wildman–Crippen LogP) is 4.38. The number of rotatable bonds is 6. The van der Waals surface area contributed by atoms with Gasteiger partial charge in [-0.3, -0.25) is 13.7 Å². The Morgan fingerprint density at radius 3 is 2.47 bits per heavy atom. The third-order valence-corrected chi connectivity index (χ3v) is 8.41. The second kappa shape index (κ2) is 8.67. The first-order valence-electron chi connectivity index (χ1n) is 12.2. The van der Waals surface area contributed by atoms with Crippen molar-refractivity contribution in [3.63, 3.8) is 0 Å². The van der Waals surface area contributed by atoms with Gasteiger partial charge in [-0.15, -0.1) is 0 Å². The van der Waals surface area contributed by atoms with Crippen LogP contribution in [0.15, 0.2) is 70.5 Å². The molecule has 38 heavy (non-hydrogen) atoms. The molecule has 0 atom stereocenters. The molecular weight excluding hydrogens is 507 g/mol. The normalized spacial score (nSPS) is 12.3. The van der Waals surface area contributed by atoms with Crippen molar-refractivity contribution in [2.24, 2.45) is 0 Å². The van der Waals surface area contributed by atoms with Gasteiger partial charge in [-0.2, -0.15) is 0 Å². The van der Waals surface area contributed by atoms with Crippen LogP contribution in [0.2, 0.25) is 0 Å². The van der Waals surface area contributed by atoms with Gasteiger partial charge in [0, 0.05) is 41.4 Å². The zero-order chi connectivity index (χ0) is 26.8. The van der Waals surface area contributed by atoms with Crippen LogP contribution >= 0.6 is 0 Å². The lowest BCUT2D eigenvalue weighted by Crippen LogP contribution is -2.23. The Bertz CT molecular complexity index is 2050. The zero-order valence-corrected chi connectivity index (χ0v) is 21.8. The largest absolute Gasteiger partial charge is 0.360 e. The molecule has 0 unspecified atom stereocenters. The number of hydrogen-bond donors (Lipinski definition) is 2. The topological polar surface area (TPSA) is 107 Å². The number of fused-ring (bicyclic) bond motifs is 3. The Balaban J connectivity index is 1.73. The lowest BCUT2D eigenvalue weighted by molar-refractivity contribution is 0.588. The Kier molecular flexibility index (Phi) is 5.51. The van der Waals surface area contributed by atoms with E-state index in [1.807, 2.05) is 36.6 Å². The minimum Gasteiger partial charge on any atom is -0.360 e. The number of aryl methyl sites for hydroxylation is 2. The second-order valence-electron chi connectivity index (χ2n) is 8.94. The molecule has 6 rings (SSSR count). The van der Waals surface area contributed by atoms with Gasteiger partial charge in [0.2, 0.25) is 10.0 Å². The summed E-state index contributed by atoms with van der Waals surface area (Å²) in [4.78, 5) is 21.0. The highest BCUT2D eigenvalue weighted by Gasteiger charge is 2.22. The van der Waals surface area contributed by atoms with Crippen molar-refractivity contribution >= 4 is 43.0 Å². The van der Waals surface area contributed by atoms with Crippen molar-refractivity contribution in [3.05, 3.63) is 77.1 Å². The molecule has 6 aromatic rings. The molecule has 11 heteroatoms. The second-order valence-corrected chi connectivity index (χ2v) is 10.8. The van der Waals surface area contributed by atoms with E-state index in [-0.39, 0.29) is 10.6 Å². The van der Waals surface area contributed by atoms with Gasteiger partial charge in [-0.05, 0) is 69.4 Å². The van der Waals surface area contributed by atoms with E-state index in [9.17, 15) is 13.2 Å². The van der Waals surface area contributed by atoms with Crippen LogP contribution in [0.4, 0.5) is 4.39 Å². The number of sulfonamides is 1. The van der Waals surface area contributed by atoms with E-state index >= 15 is 4.39 Å². The number of H-pyrrole nitrogens is 1. The zero-order valence-electron chi connectivity index (χ0n) is 21.0. The number of aromatic amines is 1. The molecule has 3 heterocycles. The molecule has 194 valence electrons. The van der Waals surface area contributed by atoms with E-state index in [0.717, 1.165) is 11.0 Å². The first-order chi connectivity index (χ1) is 18.3. The quantitative estimate of drug-likeness (QED) is 0.332. The summed E-state index contributed by atoms with van der Waals surface area (Å²) >= 11 is 0.